The average Bonchev–Trinajstić information content (AvgIpc) is 2.75. The summed E-state index contributed by atoms with van der Waals surface area (Å²) in [5, 5.41) is 10.2. The van der Waals surface area contributed by atoms with E-state index in [1.165, 1.54) is 5.56 Å². The SMILES string of the molecule is CCCCNC(=O)C(C)NCCc1cnn(C)c1. The molecule has 0 saturated heterocycles. The van der Waals surface area contributed by atoms with E-state index < -0.39 is 0 Å². The zero-order chi connectivity index (χ0) is 13.4. The zero-order valence-electron chi connectivity index (χ0n) is 11.6. The van der Waals surface area contributed by atoms with Crippen molar-refractivity contribution in [2.75, 3.05) is 13.1 Å². The lowest BCUT2D eigenvalue weighted by Crippen LogP contribution is -2.43. The minimum atomic E-state index is -0.140. The van der Waals surface area contributed by atoms with Crippen LogP contribution in [0.15, 0.2) is 12.4 Å². The summed E-state index contributed by atoms with van der Waals surface area (Å²) in [5.74, 6) is 0.0784. The lowest BCUT2D eigenvalue weighted by atomic mass is 10.2. The first-order chi connectivity index (χ1) is 8.63. The molecule has 18 heavy (non-hydrogen) atoms. The molecule has 0 aliphatic carbocycles. The summed E-state index contributed by atoms with van der Waals surface area (Å²) in [4.78, 5) is 11.7. The molecular formula is C13H24N4O. The molecule has 0 aliphatic heterocycles. The van der Waals surface area contributed by atoms with Crippen LogP contribution in [0.3, 0.4) is 0 Å². The Bertz CT molecular complexity index is 362. The smallest absolute Gasteiger partial charge is 0.236 e. The van der Waals surface area contributed by atoms with E-state index in [9.17, 15) is 4.79 Å². The Kier molecular flexibility index (Phi) is 6.43. The standard InChI is InChI=1S/C13H24N4O/c1-4-5-7-15-13(18)11(2)14-8-6-12-9-16-17(3)10-12/h9-11,14H,4-8H2,1-3H3,(H,15,18). The van der Waals surface area contributed by atoms with Gasteiger partial charge in [-0.3, -0.25) is 9.48 Å². The molecule has 1 aromatic rings. The predicted molar refractivity (Wildman–Crippen MR) is 72.3 cm³/mol. The molecule has 5 nitrogen and oxygen atoms in total. The van der Waals surface area contributed by atoms with Crippen LogP contribution in [0.4, 0.5) is 0 Å². The topological polar surface area (TPSA) is 59.0 Å². The highest BCUT2D eigenvalue weighted by atomic mass is 16.2. The zero-order valence-corrected chi connectivity index (χ0v) is 11.6. The van der Waals surface area contributed by atoms with Gasteiger partial charge in [0.15, 0.2) is 0 Å². The third kappa shape index (κ3) is 5.31. The van der Waals surface area contributed by atoms with Gasteiger partial charge in [0, 0.05) is 26.3 Å². The fourth-order valence-corrected chi connectivity index (χ4v) is 1.67. The van der Waals surface area contributed by atoms with E-state index in [2.05, 4.69) is 22.7 Å². The van der Waals surface area contributed by atoms with Crippen LogP contribution in [0.25, 0.3) is 0 Å². The van der Waals surface area contributed by atoms with Crippen molar-refractivity contribution < 1.29 is 4.79 Å². The second-order valence-electron chi connectivity index (χ2n) is 4.59. The van der Waals surface area contributed by atoms with Crippen molar-refractivity contribution in [1.82, 2.24) is 20.4 Å². The monoisotopic (exact) mass is 252 g/mol. The number of hydrogen-bond acceptors (Lipinski definition) is 3. The van der Waals surface area contributed by atoms with Gasteiger partial charge in [0.25, 0.3) is 0 Å². The maximum atomic E-state index is 11.7. The van der Waals surface area contributed by atoms with Gasteiger partial charge in [-0.15, -0.1) is 0 Å². The van der Waals surface area contributed by atoms with Crippen LogP contribution in [0.5, 0.6) is 0 Å². The van der Waals surface area contributed by atoms with Crippen molar-refractivity contribution in [3.8, 4) is 0 Å². The van der Waals surface area contributed by atoms with E-state index >= 15 is 0 Å². The van der Waals surface area contributed by atoms with E-state index in [1.54, 1.807) is 4.68 Å². The van der Waals surface area contributed by atoms with Crippen molar-refractivity contribution in [1.29, 1.82) is 0 Å². The first-order valence-electron chi connectivity index (χ1n) is 6.62. The maximum Gasteiger partial charge on any atom is 0.236 e. The summed E-state index contributed by atoms with van der Waals surface area (Å²) < 4.78 is 1.79. The summed E-state index contributed by atoms with van der Waals surface area (Å²) in [7, 11) is 1.90. The number of aromatic nitrogens is 2. The minimum absolute atomic E-state index is 0.0784. The summed E-state index contributed by atoms with van der Waals surface area (Å²) >= 11 is 0. The Balaban J connectivity index is 2.16. The molecule has 2 N–H and O–H groups in total. The molecule has 1 heterocycles. The van der Waals surface area contributed by atoms with E-state index in [-0.39, 0.29) is 11.9 Å². The van der Waals surface area contributed by atoms with E-state index in [0.717, 1.165) is 32.4 Å². The largest absolute Gasteiger partial charge is 0.355 e. The van der Waals surface area contributed by atoms with Crippen LogP contribution in [0.1, 0.15) is 32.3 Å². The Morgan fingerprint density at radius 1 is 1.50 bits per heavy atom. The van der Waals surface area contributed by atoms with Gasteiger partial charge in [-0.25, -0.2) is 0 Å². The van der Waals surface area contributed by atoms with E-state index in [4.69, 9.17) is 0 Å². The molecule has 0 aromatic carbocycles. The number of rotatable bonds is 8. The molecule has 0 radical (unpaired) electrons. The third-order valence-corrected chi connectivity index (χ3v) is 2.85. The highest BCUT2D eigenvalue weighted by Crippen LogP contribution is 1.96. The van der Waals surface area contributed by atoms with Crippen molar-refractivity contribution >= 4 is 5.91 Å². The Labute approximate surface area is 109 Å². The van der Waals surface area contributed by atoms with Crippen LogP contribution in [-0.2, 0) is 18.3 Å². The van der Waals surface area contributed by atoms with Crippen LogP contribution in [0, 0.1) is 0 Å². The maximum absolute atomic E-state index is 11.7. The predicted octanol–water partition coefficient (Wildman–Crippen LogP) is 0.857. The van der Waals surface area contributed by atoms with Gasteiger partial charge in [0.1, 0.15) is 0 Å². The molecule has 0 fully saturated rings. The number of hydrogen-bond donors (Lipinski definition) is 2. The molecule has 0 aliphatic rings. The lowest BCUT2D eigenvalue weighted by molar-refractivity contribution is -0.122. The average molecular weight is 252 g/mol. The van der Waals surface area contributed by atoms with Gasteiger partial charge < -0.3 is 10.6 Å². The van der Waals surface area contributed by atoms with Crippen LogP contribution < -0.4 is 10.6 Å². The van der Waals surface area contributed by atoms with E-state index in [1.807, 2.05) is 26.4 Å². The van der Waals surface area contributed by atoms with Gasteiger partial charge in [-0.2, -0.15) is 5.10 Å². The molecule has 1 unspecified atom stereocenters. The third-order valence-electron chi connectivity index (χ3n) is 2.85. The fourth-order valence-electron chi connectivity index (χ4n) is 1.67. The molecule has 5 heteroatoms. The van der Waals surface area contributed by atoms with Gasteiger partial charge in [-0.05, 0) is 25.3 Å². The van der Waals surface area contributed by atoms with Gasteiger partial charge in [-0.1, -0.05) is 13.3 Å². The molecule has 0 saturated carbocycles. The number of nitrogens with one attached hydrogen (secondary N) is 2. The van der Waals surface area contributed by atoms with Crippen molar-refractivity contribution in [2.45, 2.75) is 39.2 Å². The number of aryl methyl sites for hydroxylation is 1. The quantitative estimate of drug-likeness (QED) is 0.675. The minimum Gasteiger partial charge on any atom is -0.355 e. The van der Waals surface area contributed by atoms with Crippen LogP contribution in [-0.4, -0.2) is 34.8 Å². The van der Waals surface area contributed by atoms with Crippen LogP contribution in [0.2, 0.25) is 0 Å². The Hall–Kier alpha value is -1.36. The number of amides is 1. The summed E-state index contributed by atoms with van der Waals surface area (Å²) in [5.41, 5.74) is 1.18. The molecular weight excluding hydrogens is 228 g/mol. The second kappa shape index (κ2) is 7.87. The summed E-state index contributed by atoms with van der Waals surface area (Å²) in [6.45, 7) is 5.56. The number of nitrogens with zero attached hydrogens (tertiary/aromatic N) is 2. The molecule has 1 rings (SSSR count). The fraction of sp³-hybridized carbons (Fsp3) is 0.692. The normalized spacial score (nSPS) is 12.4. The lowest BCUT2D eigenvalue weighted by Gasteiger charge is -2.13. The molecule has 1 amide bonds. The molecule has 1 aromatic heterocycles. The summed E-state index contributed by atoms with van der Waals surface area (Å²) in [6.07, 6.45) is 6.87. The van der Waals surface area contributed by atoms with Gasteiger partial charge in [0.05, 0.1) is 12.2 Å². The number of unbranched alkanes of at least 4 members (excludes halogenated alkanes) is 1. The highest BCUT2D eigenvalue weighted by Gasteiger charge is 2.10. The summed E-state index contributed by atoms with van der Waals surface area (Å²) in [6, 6.07) is -0.140. The number of carbonyl (C=O) groups excluding carboxylic acids is 1. The van der Waals surface area contributed by atoms with Crippen molar-refractivity contribution in [3.05, 3.63) is 18.0 Å². The molecule has 102 valence electrons. The first-order valence-corrected chi connectivity index (χ1v) is 6.62. The Morgan fingerprint density at radius 2 is 2.28 bits per heavy atom. The molecule has 1 atom stereocenters. The highest BCUT2D eigenvalue weighted by molar-refractivity contribution is 5.81. The Morgan fingerprint density at radius 3 is 2.89 bits per heavy atom. The van der Waals surface area contributed by atoms with Crippen molar-refractivity contribution in [2.24, 2.45) is 7.05 Å². The first kappa shape index (κ1) is 14.7. The van der Waals surface area contributed by atoms with Crippen molar-refractivity contribution in [3.63, 3.8) is 0 Å². The molecule has 0 bridgehead atoms. The number of carbonyl (C=O) groups is 1. The van der Waals surface area contributed by atoms with Gasteiger partial charge in [0.2, 0.25) is 5.91 Å². The van der Waals surface area contributed by atoms with Gasteiger partial charge >= 0.3 is 0 Å². The second-order valence-corrected chi connectivity index (χ2v) is 4.59. The molecule has 0 spiro atoms. The van der Waals surface area contributed by atoms with Crippen LogP contribution >= 0.6 is 0 Å². The van der Waals surface area contributed by atoms with E-state index in [0.29, 0.717) is 0 Å².